The summed E-state index contributed by atoms with van der Waals surface area (Å²) in [6.07, 6.45) is 1.63. The minimum Gasteiger partial charge on any atom is -0.494 e. The predicted octanol–water partition coefficient (Wildman–Crippen LogP) is 2.81. The molecule has 0 saturated carbocycles. The lowest BCUT2D eigenvalue weighted by Gasteiger charge is -2.39. The number of carbonyl (C=O) groups is 8. The van der Waals surface area contributed by atoms with E-state index < -0.39 is 70.1 Å². The summed E-state index contributed by atoms with van der Waals surface area (Å²) in [5, 5.41) is 0.279. The van der Waals surface area contributed by atoms with E-state index >= 15 is 0 Å². The van der Waals surface area contributed by atoms with Crippen LogP contribution in [0.2, 0.25) is 0 Å². The third-order valence-corrected chi connectivity index (χ3v) is 11.9. The number of imide groups is 4. The van der Waals surface area contributed by atoms with Crippen molar-refractivity contribution in [2.75, 3.05) is 103 Å². The average molecular weight is 925 g/mol. The maximum Gasteiger partial charge on any atom is 0.367 e. The van der Waals surface area contributed by atoms with E-state index in [9.17, 15) is 47.1 Å². The molecule has 0 aromatic heterocycles. The van der Waals surface area contributed by atoms with Crippen LogP contribution in [0.5, 0.6) is 11.5 Å². The summed E-state index contributed by atoms with van der Waals surface area (Å²) in [5.41, 5.74) is -2.10. The highest BCUT2D eigenvalue weighted by molar-refractivity contribution is 6.19. The van der Waals surface area contributed by atoms with Crippen molar-refractivity contribution in [1.82, 2.24) is 29.7 Å². The summed E-state index contributed by atoms with van der Waals surface area (Å²) in [6, 6.07) is 6.24. The summed E-state index contributed by atoms with van der Waals surface area (Å²) in [5.74, 6) is -6.65. The van der Waals surface area contributed by atoms with Crippen molar-refractivity contribution in [2.45, 2.75) is 40.5 Å². The molecule has 4 aliphatic rings. The van der Waals surface area contributed by atoms with Gasteiger partial charge in [0.2, 0.25) is 11.8 Å². The van der Waals surface area contributed by atoms with Crippen LogP contribution in [0.15, 0.2) is 48.6 Å². The minimum absolute atomic E-state index is 0.115. The first-order chi connectivity index (χ1) is 31.3. The number of methoxy groups -OCH3 is 2. The number of barbiturate groups is 2. The van der Waals surface area contributed by atoms with Crippen LogP contribution < -0.4 is 19.3 Å². The molecule has 4 fully saturated rings. The lowest BCUT2D eigenvalue weighted by molar-refractivity contribution is -0.197. The second kappa shape index (κ2) is 20.2. The van der Waals surface area contributed by atoms with Gasteiger partial charge < -0.3 is 28.9 Å². The second-order valence-electron chi connectivity index (χ2n) is 17.1. The van der Waals surface area contributed by atoms with E-state index in [1.165, 1.54) is 66.2 Å². The van der Waals surface area contributed by atoms with Crippen LogP contribution in [0, 0.1) is 22.5 Å². The lowest BCUT2D eigenvalue weighted by Crippen LogP contribution is -2.63. The number of rotatable bonds is 16. The SMILES string of the molecule is COc1cc(F)ccc1N1CCN(CCCN2C(=O)N(OC(=O)/C=C/C(=O)ON3C(=O)N(CCCN4CCN(c5ccc(F)cc5OC)CC4)C(=O)C(C)(C)C3=O)C(=O)C(C)(C)C2=O)CC1. The number of benzene rings is 2. The van der Waals surface area contributed by atoms with Gasteiger partial charge in [-0.25, -0.2) is 28.0 Å². The van der Waals surface area contributed by atoms with Gasteiger partial charge in [0.1, 0.15) is 34.0 Å². The van der Waals surface area contributed by atoms with E-state index in [4.69, 9.17) is 19.1 Å². The molecular weight excluding hydrogens is 871 g/mol. The Kier molecular flexibility index (Phi) is 14.9. The number of hydrogen-bond acceptors (Lipinski definition) is 16. The number of halogens is 2. The molecule has 2 aromatic rings. The Hall–Kier alpha value is -6.68. The van der Waals surface area contributed by atoms with Gasteiger partial charge in [0.05, 0.1) is 25.6 Å². The number of hydroxylamine groups is 4. The van der Waals surface area contributed by atoms with Gasteiger partial charge in [0.15, 0.2) is 0 Å². The molecule has 0 bridgehead atoms. The Balaban J connectivity index is 0.984. The van der Waals surface area contributed by atoms with E-state index in [-0.39, 0.29) is 23.2 Å². The van der Waals surface area contributed by atoms with Gasteiger partial charge in [-0.3, -0.25) is 38.8 Å². The van der Waals surface area contributed by atoms with Gasteiger partial charge in [0.25, 0.3) is 11.8 Å². The van der Waals surface area contributed by atoms with Crippen LogP contribution in [0.25, 0.3) is 0 Å². The first kappa shape index (κ1) is 48.8. The van der Waals surface area contributed by atoms with E-state index in [1.807, 2.05) is 0 Å². The Morgan fingerprint density at radius 2 is 0.894 bits per heavy atom. The normalized spacial score (nSPS) is 19.6. The molecule has 8 amide bonds. The molecule has 4 heterocycles. The van der Waals surface area contributed by atoms with Crippen LogP contribution in [0.1, 0.15) is 40.5 Å². The van der Waals surface area contributed by atoms with E-state index in [1.54, 1.807) is 12.1 Å². The summed E-state index contributed by atoms with van der Waals surface area (Å²) in [6.45, 7) is 10.7. The number of ether oxygens (including phenoxy) is 2. The number of carbonyl (C=O) groups excluding carboxylic acids is 8. The molecular formula is C44H54F2N8O12. The first-order valence-electron chi connectivity index (χ1n) is 21.4. The monoisotopic (exact) mass is 924 g/mol. The highest BCUT2D eigenvalue weighted by Crippen LogP contribution is 2.33. The summed E-state index contributed by atoms with van der Waals surface area (Å²) in [4.78, 5) is 126. The highest BCUT2D eigenvalue weighted by Gasteiger charge is 2.55. The number of hydrogen-bond donors (Lipinski definition) is 0. The zero-order valence-corrected chi connectivity index (χ0v) is 37.8. The highest BCUT2D eigenvalue weighted by atomic mass is 19.1. The van der Waals surface area contributed by atoms with Gasteiger partial charge in [-0.1, -0.05) is 10.1 Å². The van der Waals surface area contributed by atoms with Crippen LogP contribution in [0.3, 0.4) is 0 Å². The standard InChI is InChI=1S/C44H54F2N8O12/c1-43(2)37(57)51(17-7-15-47-19-23-49(24-20-47)31-11-9-29(45)27-33(31)63-5)41(61)53(39(43)59)65-35(55)13-14-36(56)66-54-40(60)44(3,4)38(58)52(42(54)62)18-8-16-48-21-25-50(26-22-48)32-12-10-30(46)28-34(32)64-6/h9-14,27-28H,7-8,15-26H2,1-6H3/b14-13+. The third kappa shape index (κ3) is 10.4. The fourth-order valence-electron chi connectivity index (χ4n) is 8.02. The summed E-state index contributed by atoms with van der Waals surface area (Å²) >= 11 is 0. The molecule has 356 valence electrons. The van der Waals surface area contributed by atoms with Crippen LogP contribution in [-0.2, 0) is 38.4 Å². The number of piperazine rings is 2. The van der Waals surface area contributed by atoms with Crippen LogP contribution in [-0.4, -0.2) is 170 Å². The van der Waals surface area contributed by atoms with Gasteiger partial charge >= 0.3 is 24.0 Å². The Morgan fingerprint density at radius 1 is 0.545 bits per heavy atom. The quantitative estimate of drug-likeness (QED) is 0.176. The number of urea groups is 2. The van der Waals surface area contributed by atoms with Gasteiger partial charge in [-0.15, -0.1) is 0 Å². The van der Waals surface area contributed by atoms with Gasteiger partial charge in [0, 0.05) is 89.7 Å². The molecule has 2 aromatic carbocycles. The molecule has 0 aliphatic carbocycles. The molecule has 6 rings (SSSR count). The Labute approximate surface area is 380 Å². The third-order valence-electron chi connectivity index (χ3n) is 11.9. The van der Waals surface area contributed by atoms with Crippen molar-refractivity contribution in [3.63, 3.8) is 0 Å². The van der Waals surface area contributed by atoms with E-state index in [2.05, 4.69) is 19.6 Å². The molecule has 66 heavy (non-hydrogen) atoms. The maximum atomic E-state index is 13.7. The topological polar surface area (TPSA) is 199 Å². The fraction of sp³-hybridized carbons (Fsp3) is 0.500. The lowest BCUT2D eigenvalue weighted by atomic mass is 9.88. The van der Waals surface area contributed by atoms with Gasteiger partial charge in [-0.2, -0.15) is 0 Å². The van der Waals surface area contributed by atoms with Crippen molar-refractivity contribution in [1.29, 1.82) is 0 Å². The molecule has 4 saturated heterocycles. The molecule has 20 nitrogen and oxygen atoms in total. The second-order valence-corrected chi connectivity index (χ2v) is 17.1. The average Bonchev–Trinajstić information content (AvgIpc) is 3.30. The molecule has 0 atom stereocenters. The molecule has 0 N–H and O–H groups in total. The first-order valence-corrected chi connectivity index (χ1v) is 21.4. The molecule has 0 unspecified atom stereocenters. The Morgan fingerprint density at radius 3 is 1.23 bits per heavy atom. The zero-order chi connectivity index (χ0) is 48.1. The van der Waals surface area contributed by atoms with E-state index in [0.29, 0.717) is 102 Å². The smallest absolute Gasteiger partial charge is 0.367 e. The largest absolute Gasteiger partial charge is 0.494 e. The van der Waals surface area contributed by atoms with Gasteiger partial charge in [-0.05, 0) is 77.9 Å². The predicted molar refractivity (Wildman–Crippen MR) is 229 cm³/mol. The van der Waals surface area contributed by atoms with Crippen molar-refractivity contribution in [3.8, 4) is 11.5 Å². The van der Waals surface area contributed by atoms with Crippen molar-refractivity contribution in [2.24, 2.45) is 10.8 Å². The van der Waals surface area contributed by atoms with Crippen LogP contribution >= 0.6 is 0 Å². The van der Waals surface area contributed by atoms with Crippen molar-refractivity contribution >= 4 is 59.0 Å². The maximum absolute atomic E-state index is 13.7. The summed E-state index contributed by atoms with van der Waals surface area (Å²) < 4.78 is 38.1. The Bertz CT molecular complexity index is 2120. The minimum atomic E-state index is -1.81. The number of nitrogens with zero attached hydrogens (tertiary/aromatic N) is 8. The number of amides is 8. The molecule has 0 spiro atoms. The molecule has 4 aliphatic heterocycles. The zero-order valence-electron chi connectivity index (χ0n) is 37.8. The molecule has 0 radical (unpaired) electrons. The molecule has 22 heteroatoms. The van der Waals surface area contributed by atoms with Crippen molar-refractivity contribution < 1.29 is 66.3 Å². The fourth-order valence-corrected chi connectivity index (χ4v) is 8.02. The summed E-state index contributed by atoms with van der Waals surface area (Å²) in [7, 11) is 2.94. The van der Waals surface area contributed by atoms with E-state index in [0.717, 1.165) is 21.2 Å². The number of anilines is 2. The van der Waals surface area contributed by atoms with Crippen molar-refractivity contribution in [3.05, 3.63) is 60.2 Å². The van der Waals surface area contributed by atoms with Crippen LogP contribution in [0.4, 0.5) is 29.7 Å².